The molecule has 2 aliphatic carbocycles. The second-order valence-corrected chi connectivity index (χ2v) is 19.7. The van der Waals surface area contributed by atoms with Crippen molar-refractivity contribution in [2.24, 2.45) is 11.8 Å². The number of methoxy groups -OCH3 is 2. The molecular formula is C54H69N7O7. The van der Waals surface area contributed by atoms with E-state index in [0.29, 0.717) is 18.0 Å². The molecule has 6 atom stereocenters. The van der Waals surface area contributed by atoms with Gasteiger partial charge in [-0.15, -0.1) is 0 Å². The average molecular weight is 928 g/mol. The van der Waals surface area contributed by atoms with Crippen molar-refractivity contribution in [2.45, 2.75) is 147 Å². The van der Waals surface area contributed by atoms with E-state index in [-0.39, 0.29) is 53.6 Å². The Morgan fingerprint density at radius 3 is 2.21 bits per heavy atom. The van der Waals surface area contributed by atoms with Crippen LogP contribution in [-0.4, -0.2) is 88.6 Å². The molecule has 8 rings (SSSR count). The van der Waals surface area contributed by atoms with Gasteiger partial charge in [-0.1, -0.05) is 108 Å². The maximum Gasteiger partial charge on any atom is 0.407 e. The zero-order chi connectivity index (χ0) is 48.1. The molecule has 2 saturated heterocycles. The summed E-state index contributed by atoms with van der Waals surface area (Å²) in [7, 11) is 2.59. The molecule has 5 amide bonds. The first-order chi connectivity index (χ1) is 32.9. The standard InChI is InChI=1S/C54H69N7O7/c1-7-9-25-54(26-10-8-2)41-29-35(43-32-55-49(57-43)45-20-15-27-60(45)50(63)47(33(3)4)58-52(65)67-5)21-23-39(41)40-24-22-37(30-42(40)54)56-46(62)31-38-28-36-18-14-19-44(36)61(38)51(64)48(59-53(66)68-6)34-16-12-11-13-17-34/h11-13,16-17,21-24,29-30,32-33,36,38,44-45,47-48H,7-10,14-15,18-20,25-28,31H2,1-6H3,(H,55,57)(H,56,62)(H,58,65)(H,59,66)/t36-,38+,44-,45+,47+,48-/m1/s1. The summed E-state index contributed by atoms with van der Waals surface area (Å²) in [6.07, 6.45) is 12.0. The lowest BCUT2D eigenvalue weighted by atomic mass is 9.70. The Balaban J connectivity index is 1.05. The molecule has 14 nitrogen and oxygen atoms in total. The number of benzene rings is 3. The number of imidazole rings is 1. The number of nitrogens with zero attached hydrogens (tertiary/aromatic N) is 3. The summed E-state index contributed by atoms with van der Waals surface area (Å²) in [4.78, 5) is 79.6. The van der Waals surface area contributed by atoms with Crippen LogP contribution in [0.15, 0.2) is 72.9 Å². The van der Waals surface area contributed by atoms with Crippen molar-refractivity contribution in [1.82, 2.24) is 30.4 Å². The summed E-state index contributed by atoms with van der Waals surface area (Å²) in [5, 5.41) is 8.79. The number of amides is 5. The Morgan fingerprint density at radius 1 is 0.824 bits per heavy atom. The minimum atomic E-state index is -0.934. The van der Waals surface area contributed by atoms with Gasteiger partial charge in [0.05, 0.1) is 32.2 Å². The number of unbranched alkanes of at least 4 members (excludes halogenated alkanes) is 2. The van der Waals surface area contributed by atoms with E-state index in [2.05, 4.69) is 65.1 Å². The number of carbonyl (C=O) groups excluding carboxylic acids is 5. The Kier molecular flexibility index (Phi) is 14.9. The first kappa shape index (κ1) is 48.3. The van der Waals surface area contributed by atoms with Crippen LogP contribution in [-0.2, 0) is 29.3 Å². The summed E-state index contributed by atoms with van der Waals surface area (Å²) < 4.78 is 9.76. The van der Waals surface area contributed by atoms with Crippen molar-refractivity contribution < 1.29 is 33.4 Å². The summed E-state index contributed by atoms with van der Waals surface area (Å²) in [5.41, 5.74) is 7.88. The molecule has 14 heteroatoms. The van der Waals surface area contributed by atoms with Gasteiger partial charge in [-0.3, -0.25) is 14.4 Å². The van der Waals surface area contributed by atoms with E-state index in [9.17, 15) is 24.0 Å². The fourth-order valence-corrected chi connectivity index (χ4v) is 11.8. The number of aromatic nitrogens is 2. The summed E-state index contributed by atoms with van der Waals surface area (Å²) in [6, 6.07) is 20.1. The van der Waals surface area contributed by atoms with Crippen LogP contribution in [0.4, 0.5) is 15.3 Å². The van der Waals surface area contributed by atoms with Crippen LogP contribution in [0, 0.1) is 11.8 Å². The van der Waals surface area contributed by atoms with Gasteiger partial charge in [0.25, 0.3) is 0 Å². The first-order valence-corrected chi connectivity index (χ1v) is 24.9. The molecule has 1 saturated carbocycles. The molecule has 3 fully saturated rings. The van der Waals surface area contributed by atoms with Crippen molar-refractivity contribution in [3.05, 3.63) is 95.4 Å². The van der Waals surface area contributed by atoms with Crippen LogP contribution in [0.5, 0.6) is 0 Å². The first-order valence-electron chi connectivity index (χ1n) is 24.9. The fourth-order valence-electron chi connectivity index (χ4n) is 11.8. The molecule has 3 aromatic carbocycles. The number of aromatic amines is 1. The molecule has 362 valence electrons. The maximum absolute atomic E-state index is 14.6. The van der Waals surface area contributed by atoms with Gasteiger partial charge in [0.2, 0.25) is 17.7 Å². The Bertz CT molecular complexity index is 2460. The SMILES string of the molecule is CCCCC1(CCCC)c2cc(NC(=O)C[C@@H]3C[C@H]4CCC[C@H]4N3C(=O)[C@H](NC(=O)OC)c3ccccc3)ccc2-c2ccc(-c3cnc([C@@H]4CCCN4C(=O)[C@@H](NC(=O)OC)C(C)C)[nH]3)cc21. The zero-order valence-electron chi connectivity index (χ0n) is 40.6. The number of fused-ring (bicyclic) bond motifs is 4. The maximum atomic E-state index is 14.6. The Labute approximate surface area is 400 Å². The van der Waals surface area contributed by atoms with Gasteiger partial charge < -0.3 is 40.2 Å². The number of hydrogen-bond donors (Lipinski definition) is 4. The quantitative estimate of drug-likeness (QED) is 0.0809. The number of H-pyrrole nitrogens is 1. The van der Waals surface area contributed by atoms with Gasteiger partial charge in [0.15, 0.2) is 0 Å². The predicted molar refractivity (Wildman–Crippen MR) is 261 cm³/mol. The number of ether oxygens (including phenoxy) is 2. The lowest BCUT2D eigenvalue weighted by molar-refractivity contribution is -0.137. The molecule has 4 N–H and O–H groups in total. The monoisotopic (exact) mass is 928 g/mol. The number of likely N-dealkylation sites (tertiary alicyclic amines) is 2. The van der Waals surface area contributed by atoms with E-state index in [1.165, 1.54) is 36.5 Å². The molecule has 2 aliphatic heterocycles. The van der Waals surface area contributed by atoms with E-state index in [0.717, 1.165) is 99.8 Å². The van der Waals surface area contributed by atoms with Gasteiger partial charge in [-0.25, -0.2) is 14.6 Å². The van der Waals surface area contributed by atoms with Crippen LogP contribution in [0.2, 0.25) is 0 Å². The Morgan fingerprint density at radius 2 is 1.51 bits per heavy atom. The van der Waals surface area contributed by atoms with Crippen molar-refractivity contribution in [2.75, 3.05) is 26.1 Å². The number of rotatable bonds is 17. The van der Waals surface area contributed by atoms with E-state index < -0.39 is 24.3 Å². The highest BCUT2D eigenvalue weighted by atomic mass is 16.5. The van der Waals surface area contributed by atoms with Crippen LogP contribution >= 0.6 is 0 Å². The third kappa shape index (κ3) is 9.60. The van der Waals surface area contributed by atoms with E-state index >= 15 is 0 Å². The Hall–Kier alpha value is -6.18. The van der Waals surface area contributed by atoms with Crippen molar-refractivity contribution >= 4 is 35.6 Å². The topological polar surface area (TPSA) is 175 Å². The number of hydrogen-bond acceptors (Lipinski definition) is 8. The van der Waals surface area contributed by atoms with Crippen molar-refractivity contribution in [3.63, 3.8) is 0 Å². The molecule has 0 unspecified atom stereocenters. The molecule has 0 radical (unpaired) electrons. The smallest absolute Gasteiger partial charge is 0.407 e. The third-order valence-corrected chi connectivity index (χ3v) is 15.2. The highest BCUT2D eigenvalue weighted by Crippen LogP contribution is 2.55. The highest BCUT2D eigenvalue weighted by Gasteiger charge is 2.49. The molecule has 1 aromatic heterocycles. The summed E-state index contributed by atoms with van der Waals surface area (Å²) in [5.74, 6) is 0.395. The van der Waals surface area contributed by atoms with E-state index in [4.69, 9.17) is 14.5 Å². The highest BCUT2D eigenvalue weighted by molar-refractivity contribution is 5.94. The molecule has 3 heterocycles. The van der Waals surface area contributed by atoms with Gasteiger partial charge in [0, 0.05) is 36.2 Å². The fraction of sp³-hybridized carbons (Fsp3) is 0.519. The van der Waals surface area contributed by atoms with Gasteiger partial charge in [-0.2, -0.15) is 0 Å². The third-order valence-electron chi connectivity index (χ3n) is 15.2. The number of nitrogens with one attached hydrogen (secondary N) is 4. The normalized spacial score (nSPS) is 20.9. The second kappa shape index (κ2) is 21.0. The summed E-state index contributed by atoms with van der Waals surface area (Å²) >= 11 is 0. The number of anilines is 1. The van der Waals surface area contributed by atoms with Gasteiger partial charge in [0.1, 0.15) is 17.9 Å². The van der Waals surface area contributed by atoms with Crippen LogP contribution in [0.25, 0.3) is 22.4 Å². The second-order valence-electron chi connectivity index (χ2n) is 19.7. The molecule has 4 aromatic rings. The molecule has 68 heavy (non-hydrogen) atoms. The predicted octanol–water partition coefficient (Wildman–Crippen LogP) is 9.96. The van der Waals surface area contributed by atoms with Crippen molar-refractivity contribution in [3.8, 4) is 22.4 Å². The van der Waals surface area contributed by atoms with Crippen LogP contribution in [0.1, 0.15) is 146 Å². The number of carbonyl (C=O) groups is 5. The lowest BCUT2D eigenvalue weighted by Gasteiger charge is -2.33. The zero-order valence-corrected chi connectivity index (χ0v) is 40.6. The molecule has 4 aliphatic rings. The summed E-state index contributed by atoms with van der Waals surface area (Å²) in [6.45, 7) is 8.86. The number of alkyl carbamates (subject to hydrolysis) is 2. The molecule has 0 bridgehead atoms. The van der Waals surface area contributed by atoms with Gasteiger partial charge in [-0.05, 0) is 108 Å². The average Bonchev–Trinajstić information content (AvgIpc) is 4.20. The van der Waals surface area contributed by atoms with E-state index in [1.54, 1.807) is 0 Å². The lowest BCUT2D eigenvalue weighted by Crippen LogP contribution is -2.51. The van der Waals surface area contributed by atoms with Crippen LogP contribution < -0.4 is 16.0 Å². The molecular weight excluding hydrogens is 859 g/mol. The minimum Gasteiger partial charge on any atom is -0.453 e. The minimum absolute atomic E-state index is 0.0152. The largest absolute Gasteiger partial charge is 0.453 e. The van der Waals surface area contributed by atoms with Crippen molar-refractivity contribution in [1.29, 1.82) is 0 Å². The van der Waals surface area contributed by atoms with Gasteiger partial charge >= 0.3 is 12.2 Å². The van der Waals surface area contributed by atoms with E-state index in [1.807, 2.05) is 66.2 Å². The molecule has 0 spiro atoms. The van der Waals surface area contributed by atoms with Crippen LogP contribution in [0.3, 0.4) is 0 Å².